The molecule has 2 fully saturated rings. The standard InChI is InChI=1S/C9H18N2/c1-3-11(2)8-4-9(5-8)6-10-7-9/h8,10H,3-7H2,1-2H3. The van der Waals surface area contributed by atoms with E-state index in [-0.39, 0.29) is 0 Å². The van der Waals surface area contributed by atoms with Crippen molar-refractivity contribution in [2.75, 3.05) is 26.7 Å². The third kappa shape index (κ3) is 1.09. The monoisotopic (exact) mass is 154 g/mol. The van der Waals surface area contributed by atoms with Crippen molar-refractivity contribution in [2.45, 2.75) is 25.8 Å². The fraction of sp³-hybridized carbons (Fsp3) is 1.00. The summed E-state index contributed by atoms with van der Waals surface area (Å²) in [6.45, 7) is 6.00. The predicted octanol–water partition coefficient (Wildman–Crippen LogP) is 0.690. The molecule has 1 saturated carbocycles. The van der Waals surface area contributed by atoms with Crippen molar-refractivity contribution in [2.24, 2.45) is 5.41 Å². The largest absolute Gasteiger partial charge is 0.316 e. The molecule has 1 aliphatic heterocycles. The topological polar surface area (TPSA) is 15.3 Å². The molecule has 0 atom stereocenters. The van der Waals surface area contributed by atoms with Crippen molar-refractivity contribution in [1.82, 2.24) is 10.2 Å². The third-order valence-electron chi connectivity index (χ3n) is 3.46. The highest BCUT2D eigenvalue weighted by atomic mass is 15.2. The van der Waals surface area contributed by atoms with Gasteiger partial charge in [0, 0.05) is 19.1 Å². The average Bonchev–Trinajstić information content (AvgIpc) is 1.81. The summed E-state index contributed by atoms with van der Waals surface area (Å²) in [4.78, 5) is 2.48. The van der Waals surface area contributed by atoms with E-state index in [1.54, 1.807) is 0 Å². The fourth-order valence-corrected chi connectivity index (χ4v) is 2.28. The van der Waals surface area contributed by atoms with E-state index in [9.17, 15) is 0 Å². The van der Waals surface area contributed by atoms with Crippen LogP contribution in [0.5, 0.6) is 0 Å². The molecule has 0 amide bonds. The maximum atomic E-state index is 3.36. The number of nitrogens with zero attached hydrogens (tertiary/aromatic N) is 1. The highest BCUT2D eigenvalue weighted by molar-refractivity contribution is 5.05. The molecule has 2 rings (SSSR count). The molecule has 0 bridgehead atoms. The van der Waals surface area contributed by atoms with E-state index in [1.165, 1.54) is 32.5 Å². The van der Waals surface area contributed by atoms with Crippen molar-refractivity contribution in [3.8, 4) is 0 Å². The first-order valence-corrected chi connectivity index (χ1v) is 4.67. The first-order chi connectivity index (χ1) is 5.26. The van der Waals surface area contributed by atoms with Gasteiger partial charge in [0.2, 0.25) is 0 Å². The van der Waals surface area contributed by atoms with Crippen molar-refractivity contribution in [3.63, 3.8) is 0 Å². The van der Waals surface area contributed by atoms with Crippen LogP contribution in [-0.4, -0.2) is 37.6 Å². The van der Waals surface area contributed by atoms with Crippen LogP contribution in [0.2, 0.25) is 0 Å². The zero-order valence-corrected chi connectivity index (χ0v) is 7.56. The first kappa shape index (κ1) is 7.56. The van der Waals surface area contributed by atoms with E-state index in [2.05, 4.69) is 24.2 Å². The number of hydrogen-bond donors (Lipinski definition) is 1. The lowest BCUT2D eigenvalue weighted by atomic mass is 9.61. The first-order valence-electron chi connectivity index (χ1n) is 4.67. The summed E-state index contributed by atoms with van der Waals surface area (Å²) in [5, 5.41) is 3.36. The lowest BCUT2D eigenvalue weighted by molar-refractivity contribution is -0.0245. The molecule has 2 aliphatic rings. The summed E-state index contributed by atoms with van der Waals surface area (Å²) in [6, 6.07) is 0.891. The summed E-state index contributed by atoms with van der Waals surface area (Å²) in [5.41, 5.74) is 0.744. The van der Waals surface area contributed by atoms with Crippen molar-refractivity contribution >= 4 is 0 Å². The zero-order valence-electron chi connectivity index (χ0n) is 7.56. The van der Waals surface area contributed by atoms with Crippen LogP contribution >= 0.6 is 0 Å². The second-order valence-corrected chi connectivity index (χ2v) is 4.24. The quantitative estimate of drug-likeness (QED) is 0.629. The van der Waals surface area contributed by atoms with Crippen LogP contribution in [0.1, 0.15) is 19.8 Å². The summed E-state index contributed by atoms with van der Waals surface area (Å²) >= 11 is 0. The van der Waals surface area contributed by atoms with E-state index < -0.39 is 0 Å². The van der Waals surface area contributed by atoms with Crippen LogP contribution in [0, 0.1) is 5.41 Å². The maximum Gasteiger partial charge on any atom is 0.0105 e. The molecule has 0 aromatic carbocycles. The molecule has 64 valence electrons. The molecule has 2 heteroatoms. The van der Waals surface area contributed by atoms with E-state index in [0.29, 0.717) is 0 Å². The van der Waals surface area contributed by atoms with Gasteiger partial charge in [0.1, 0.15) is 0 Å². The summed E-state index contributed by atoms with van der Waals surface area (Å²) in [7, 11) is 2.24. The van der Waals surface area contributed by atoms with Gasteiger partial charge in [0.15, 0.2) is 0 Å². The average molecular weight is 154 g/mol. The van der Waals surface area contributed by atoms with E-state index in [0.717, 1.165) is 11.5 Å². The fourth-order valence-electron chi connectivity index (χ4n) is 2.28. The minimum absolute atomic E-state index is 0.744. The van der Waals surface area contributed by atoms with Gasteiger partial charge in [-0.05, 0) is 31.8 Å². The lowest BCUT2D eigenvalue weighted by Crippen LogP contribution is -2.64. The van der Waals surface area contributed by atoms with Gasteiger partial charge in [-0.2, -0.15) is 0 Å². The minimum Gasteiger partial charge on any atom is -0.316 e. The molecule has 1 spiro atoms. The van der Waals surface area contributed by atoms with Gasteiger partial charge in [-0.1, -0.05) is 6.92 Å². The Morgan fingerprint density at radius 1 is 1.45 bits per heavy atom. The summed E-state index contributed by atoms with van der Waals surface area (Å²) < 4.78 is 0. The molecule has 1 aliphatic carbocycles. The highest BCUT2D eigenvalue weighted by Crippen LogP contribution is 2.45. The van der Waals surface area contributed by atoms with Crippen LogP contribution in [0.4, 0.5) is 0 Å². The van der Waals surface area contributed by atoms with E-state index >= 15 is 0 Å². The van der Waals surface area contributed by atoms with Gasteiger partial charge >= 0.3 is 0 Å². The Labute approximate surface area is 69.0 Å². The van der Waals surface area contributed by atoms with Crippen LogP contribution < -0.4 is 5.32 Å². The maximum absolute atomic E-state index is 3.36. The third-order valence-corrected chi connectivity index (χ3v) is 3.46. The number of rotatable bonds is 2. The Hall–Kier alpha value is -0.0800. The van der Waals surface area contributed by atoms with Crippen LogP contribution in [0.3, 0.4) is 0 Å². The van der Waals surface area contributed by atoms with Gasteiger partial charge in [0.25, 0.3) is 0 Å². The normalized spacial score (nSPS) is 28.6. The molecular weight excluding hydrogens is 136 g/mol. The molecule has 1 N–H and O–H groups in total. The van der Waals surface area contributed by atoms with Crippen molar-refractivity contribution in [3.05, 3.63) is 0 Å². The Kier molecular flexibility index (Phi) is 1.69. The molecule has 2 nitrogen and oxygen atoms in total. The number of nitrogens with one attached hydrogen (secondary N) is 1. The van der Waals surface area contributed by atoms with Crippen LogP contribution in [0.25, 0.3) is 0 Å². The second-order valence-electron chi connectivity index (χ2n) is 4.24. The lowest BCUT2D eigenvalue weighted by Gasteiger charge is -2.56. The van der Waals surface area contributed by atoms with Gasteiger partial charge in [-0.3, -0.25) is 0 Å². The Morgan fingerprint density at radius 3 is 2.45 bits per heavy atom. The van der Waals surface area contributed by atoms with Gasteiger partial charge in [-0.25, -0.2) is 0 Å². The molecule has 11 heavy (non-hydrogen) atoms. The Bertz CT molecular complexity index is 144. The molecule has 1 heterocycles. The molecular formula is C9H18N2. The molecule has 0 aromatic rings. The van der Waals surface area contributed by atoms with E-state index in [4.69, 9.17) is 0 Å². The Balaban J connectivity index is 1.78. The summed E-state index contributed by atoms with van der Waals surface area (Å²) in [5.74, 6) is 0. The number of hydrogen-bond acceptors (Lipinski definition) is 2. The second kappa shape index (κ2) is 2.46. The van der Waals surface area contributed by atoms with Gasteiger partial charge in [-0.15, -0.1) is 0 Å². The smallest absolute Gasteiger partial charge is 0.0105 e. The van der Waals surface area contributed by atoms with Crippen molar-refractivity contribution in [1.29, 1.82) is 0 Å². The van der Waals surface area contributed by atoms with Crippen molar-refractivity contribution < 1.29 is 0 Å². The molecule has 0 radical (unpaired) electrons. The molecule has 0 unspecified atom stereocenters. The van der Waals surface area contributed by atoms with Gasteiger partial charge in [0.05, 0.1) is 0 Å². The Morgan fingerprint density at radius 2 is 2.09 bits per heavy atom. The van der Waals surface area contributed by atoms with Crippen LogP contribution in [0.15, 0.2) is 0 Å². The van der Waals surface area contributed by atoms with Crippen LogP contribution in [-0.2, 0) is 0 Å². The summed E-state index contributed by atoms with van der Waals surface area (Å²) in [6.07, 6.45) is 2.87. The molecule has 0 aromatic heterocycles. The van der Waals surface area contributed by atoms with Gasteiger partial charge < -0.3 is 10.2 Å². The zero-order chi connectivity index (χ0) is 7.90. The SMILES string of the molecule is CCN(C)C1CC2(CNC2)C1. The van der Waals surface area contributed by atoms with E-state index in [1.807, 2.05) is 0 Å². The molecule has 1 saturated heterocycles. The highest BCUT2D eigenvalue weighted by Gasteiger charge is 2.49. The minimum atomic E-state index is 0.744. The predicted molar refractivity (Wildman–Crippen MR) is 46.6 cm³/mol.